The molecule has 0 saturated carbocycles. The maximum atomic E-state index is 12.5. The fourth-order valence-electron chi connectivity index (χ4n) is 3.86. The van der Waals surface area contributed by atoms with Crippen LogP contribution in [0.2, 0.25) is 0 Å². The van der Waals surface area contributed by atoms with Crippen molar-refractivity contribution >= 4 is 23.7 Å². The van der Waals surface area contributed by atoms with E-state index in [1.165, 1.54) is 5.32 Å². The molecule has 0 aromatic carbocycles. The molecule has 0 bridgehead atoms. The van der Waals surface area contributed by atoms with Gasteiger partial charge in [-0.15, -0.1) is 0 Å². The lowest BCUT2D eigenvalue weighted by molar-refractivity contribution is -0.175. The summed E-state index contributed by atoms with van der Waals surface area (Å²) in [6, 6.07) is -1.91. The van der Waals surface area contributed by atoms with Crippen molar-refractivity contribution < 1.29 is 37.5 Å². The van der Waals surface area contributed by atoms with Crippen molar-refractivity contribution in [2.75, 3.05) is 32.7 Å². The first kappa shape index (κ1) is 24.9. The standard InChI is InChI=1S/C19H29F3N4O5/c20-19(21,22)18(31)25-14(17(29)30)10-24-16(28)13-2-1-9-26(11-13)15(27)4-3-12-5-7-23-8-6-12/h12-14,23H,1-11H2,(H,24,28)(H,25,31)(H,29,30)/t13-,14+/m1/s1. The molecular weight excluding hydrogens is 421 g/mol. The van der Waals surface area contributed by atoms with E-state index in [1.807, 2.05) is 0 Å². The molecule has 0 spiro atoms. The van der Waals surface area contributed by atoms with Crippen LogP contribution in [0.3, 0.4) is 0 Å². The van der Waals surface area contributed by atoms with Gasteiger partial charge in [-0.25, -0.2) is 4.79 Å². The number of aliphatic carboxylic acids is 1. The second kappa shape index (κ2) is 11.3. The van der Waals surface area contributed by atoms with Gasteiger partial charge in [0.2, 0.25) is 11.8 Å². The van der Waals surface area contributed by atoms with Gasteiger partial charge < -0.3 is 26.0 Å². The van der Waals surface area contributed by atoms with E-state index in [9.17, 15) is 32.3 Å². The highest BCUT2D eigenvalue weighted by Gasteiger charge is 2.41. The topological polar surface area (TPSA) is 128 Å². The summed E-state index contributed by atoms with van der Waals surface area (Å²) in [6.45, 7) is 1.94. The Morgan fingerprint density at radius 1 is 1.13 bits per heavy atom. The molecule has 0 aromatic rings. The van der Waals surface area contributed by atoms with E-state index < -0.39 is 42.5 Å². The molecule has 9 nitrogen and oxygen atoms in total. The average molecular weight is 450 g/mol. The van der Waals surface area contributed by atoms with Gasteiger partial charge in [-0.3, -0.25) is 14.4 Å². The molecule has 0 radical (unpaired) electrons. The number of nitrogens with one attached hydrogen (secondary N) is 3. The van der Waals surface area contributed by atoms with Gasteiger partial charge in [0, 0.05) is 26.1 Å². The zero-order valence-corrected chi connectivity index (χ0v) is 17.2. The Labute approximate surface area is 178 Å². The predicted octanol–water partition coefficient (Wildman–Crippen LogP) is 0.253. The van der Waals surface area contributed by atoms with Crippen LogP contribution in [0.4, 0.5) is 13.2 Å². The predicted molar refractivity (Wildman–Crippen MR) is 103 cm³/mol. The molecule has 2 heterocycles. The second-order valence-electron chi connectivity index (χ2n) is 8.02. The molecule has 31 heavy (non-hydrogen) atoms. The number of carbonyl (C=O) groups is 4. The van der Waals surface area contributed by atoms with Crippen molar-refractivity contribution in [2.45, 2.75) is 50.7 Å². The minimum absolute atomic E-state index is 0.0307. The van der Waals surface area contributed by atoms with Gasteiger partial charge in [-0.05, 0) is 51.1 Å². The Kier molecular flexibility index (Phi) is 9.08. The number of halogens is 3. The number of nitrogens with zero attached hydrogens (tertiary/aromatic N) is 1. The van der Waals surface area contributed by atoms with E-state index in [0.29, 0.717) is 31.7 Å². The van der Waals surface area contributed by atoms with Gasteiger partial charge in [-0.1, -0.05) is 0 Å². The van der Waals surface area contributed by atoms with E-state index in [0.717, 1.165) is 32.4 Å². The Morgan fingerprint density at radius 2 is 1.81 bits per heavy atom. The molecular formula is C19H29F3N4O5. The number of piperidine rings is 2. The molecule has 2 atom stereocenters. The summed E-state index contributed by atoms with van der Waals surface area (Å²) in [5, 5.41) is 15.9. The minimum atomic E-state index is -5.23. The summed E-state index contributed by atoms with van der Waals surface area (Å²) in [5.74, 6) is -4.74. The van der Waals surface area contributed by atoms with Gasteiger partial charge in [0.1, 0.15) is 6.04 Å². The molecule has 2 rings (SSSR count). The van der Waals surface area contributed by atoms with Gasteiger partial charge in [0.25, 0.3) is 0 Å². The third-order valence-corrected chi connectivity index (χ3v) is 5.71. The van der Waals surface area contributed by atoms with Crippen molar-refractivity contribution in [3.8, 4) is 0 Å². The van der Waals surface area contributed by atoms with E-state index >= 15 is 0 Å². The van der Waals surface area contributed by atoms with Crippen LogP contribution in [0.1, 0.15) is 38.5 Å². The molecule has 4 N–H and O–H groups in total. The van der Waals surface area contributed by atoms with Crippen LogP contribution in [-0.2, 0) is 19.2 Å². The first-order valence-electron chi connectivity index (χ1n) is 10.4. The first-order chi connectivity index (χ1) is 14.6. The molecule has 12 heteroatoms. The smallest absolute Gasteiger partial charge is 0.471 e. The minimum Gasteiger partial charge on any atom is -0.480 e. The van der Waals surface area contributed by atoms with Crippen LogP contribution in [0.25, 0.3) is 0 Å². The molecule has 2 fully saturated rings. The van der Waals surface area contributed by atoms with Crippen molar-refractivity contribution in [3.05, 3.63) is 0 Å². The van der Waals surface area contributed by atoms with Crippen LogP contribution in [0, 0.1) is 11.8 Å². The van der Waals surface area contributed by atoms with Crippen LogP contribution >= 0.6 is 0 Å². The molecule has 3 amide bonds. The van der Waals surface area contributed by atoms with Crippen LogP contribution in [-0.4, -0.2) is 78.6 Å². The van der Waals surface area contributed by atoms with Crippen molar-refractivity contribution in [2.24, 2.45) is 11.8 Å². The fraction of sp³-hybridized carbons (Fsp3) is 0.789. The number of hydrogen-bond donors (Lipinski definition) is 4. The summed E-state index contributed by atoms with van der Waals surface area (Å²) in [7, 11) is 0. The van der Waals surface area contributed by atoms with Crippen LogP contribution < -0.4 is 16.0 Å². The molecule has 2 aliphatic heterocycles. The van der Waals surface area contributed by atoms with Gasteiger partial charge in [-0.2, -0.15) is 13.2 Å². The van der Waals surface area contributed by atoms with Crippen LogP contribution in [0.5, 0.6) is 0 Å². The van der Waals surface area contributed by atoms with Crippen molar-refractivity contribution in [1.82, 2.24) is 20.9 Å². The lowest BCUT2D eigenvalue weighted by Crippen LogP contribution is -2.53. The number of rotatable bonds is 8. The van der Waals surface area contributed by atoms with E-state index in [2.05, 4.69) is 10.6 Å². The largest absolute Gasteiger partial charge is 0.480 e. The molecule has 2 aliphatic rings. The number of carboxylic acid groups (broad SMARTS) is 1. The lowest BCUT2D eigenvalue weighted by atomic mass is 9.92. The summed E-state index contributed by atoms with van der Waals surface area (Å²) in [6.07, 6.45) is -0.866. The molecule has 2 saturated heterocycles. The number of carbonyl (C=O) groups excluding carboxylic acids is 3. The monoisotopic (exact) mass is 450 g/mol. The summed E-state index contributed by atoms with van der Waals surface area (Å²) < 4.78 is 37.0. The van der Waals surface area contributed by atoms with Gasteiger partial charge >= 0.3 is 18.1 Å². The van der Waals surface area contributed by atoms with E-state index in [1.54, 1.807) is 4.90 Å². The lowest BCUT2D eigenvalue weighted by Gasteiger charge is -2.33. The number of carboxylic acids is 1. The maximum absolute atomic E-state index is 12.5. The van der Waals surface area contributed by atoms with E-state index in [-0.39, 0.29) is 12.5 Å². The summed E-state index contributed by atoms with van der Waals surface area (Å²) in [5.41, 5.74) is 0. The van der Waals surface area contributed by atoms with Gasteiger partial charge in [0.15, 0.2) is 0 Å². The fourth-order valence-corrected chi connectivity index (χ4v) is 3.86. The number of likely N-dealkylation sites (tertiary alicyclic amines) is 1. The molecule has 176 valence electrons. The van der Waals surface area contributed by atoms with E-state index in [4.69, 9.17) is 5.11 Å². The Morgan fingerprint density at radius 3 is 2.42 bits per heavy atom. The normalized spacial score (nSPS) is 21.3. The van der Waals surface area contributed by atoms with Crippen molar-refractivity contribution in [1.29, 1.82) is 0 Å². The third kappa shape index (κ3) is 8.00. The quantitative estimate of drug-likeness (QED) is 0.420. The Bertz CT molecular complexity index is 667. The highest BCUT2D eigenvalue weighted by molar-refractivity contribution is 5.88. The SMILES string of the molecule is O=C(NC[C@H](NC(=O)C(F)(F)F)C(=O)O)[C@@H]1CCCN(C(=O)CCC2CCNCC2)C1. The zero-order valence-electron chi connectivity index (χ0n) is 17.2. The number of alkyl halides is 3. The van der Waals surface area contributed by atoms with Crippen LogP contribution in [0.15, 0.2) is 0 Å². The van der Waals surface area contributed by atoms with Crippen molar-refractivity contribution in [3.63, 3.8) is 0 Å². The molecule has 0 aliphatic carbocycles. The number of amides is 3. The summed E-state index contributed by atoms with van der Waals surface area (Å²) in [4.78, 5) is 48.6. The molecule has 0 unspecified atom stereocenters. The second-order valence-corrected chi connectivity index (χ2v) is 8.02. The summed E-state index contributed by atoms with van der Waals surface area (Å²) >= 11 is 0. The number of hydrogen-bond acceptors (Lipinski definition) is 5. The average Bonchev–Trinajstić information content (AvgIpc) is 2.74. The van der Waals surface area contributed by atoms with Gasteiger partial charge in [0.05, 0.1) is 5.92 Å². The Balaban J connectivity index is 1.80. The molecule has 0 aromatic heterocycles. The Hall–Kier alpha value is -2.37. The highest BCUT2D eigenvalue weighted by atomic mass is 19.4. The zero-order chi connectivity index (χ0) is 23.0. The first-order valence-corrected chi connectivity index (χ1v) is 10.4. The maximum Gasteiger partial charge on any atom is 0.471 e. The third-order valence-electron chi connectivity index (χ3n) is 5.71. The highest BCUT2D eigenvalue weighted by Crippen LogP contribution is 2.21.